The molecular formula is C12H14Cl2N2O. The predicted molar refractivity (Wildman–Crippen MR) is 69.2 cm³/mol. The van der Waals surface area contributed by atoms with Gasteiger partial charge >= 0.3 is 0 Å². The van der Waals surface area contributed by atoms with Crippen molar-refractivity contribution in [1.29, 1.82) is 0 Å². The molecule has 2 N–H and O–H groups in total. The van der Waals surface area contributed by atoms with Crippen LogP contribution in [-0.2, 0) is 4.79 Å². The highest BCUT2D eigenvalue weighted by Gasteiger charge is 2.27. The van der Waals surface area contributed by atoms with E-state index in [9.17, 15) is 4.79 Å². The van der Waals surface area contributed by atoms with Gasteiger partial charge in [-0.15, -0.1) is 0 Å². The van der Waals surface area contributed by atoms with Gasteiger partial charge in [0, 0.05) is 6.04 Å². The van der Waals surface area contributed by atoms with Gasteiger partial charge in [0.1, 0.15) is 0 Å². The second kappa shape index (κ2) is 5.25. The van der Waals surface area contributed by atoms with Gasteiger partial charge in [-0.3, -0.25) is 9.69 Å². The van der Waals surface area contributed by atoms with Crippen LogP contribution < -0.4 is 5.73 Å². The summed E-state index contributed by atoms with van der Waals surface area (Å²) in [6, 6.07) is 5.84. The first-order valence-electron chi connectivity index (χ1n) is 5.55. The number of primary amides is 1. The van der Waals surface area contributed by atoms with Crippen molar-refractivity contribution in [2.75, 3.05) is 13.1 Å². The van der Waals surface area contributed by atoms with E-state index in [4.69, 9.17) is 28.9 Å². The van der Waals surface area contributed by atoms with Crippen molar-refractivity contribution in [3.05, 3.63) is 33.8 Å². The zero-order valence-electron chi connectivity index (χ0n) is 9.33. The number of benzene rings is 1. The van der Waals surface area contributed by atoms with Gasteiger partial charge in [0.2, 0.25) is 5.91 Å². The smallest absolute Gasteiger partial charge is 0.231 e. The van der Waals surface area contributed by atoms with Crippen molar-refractivity contribution < 1.29 is 4.79 Å². The number of halogens is 2. The van der Waals surface area contributed by atoms with Crippen LogP contribution in [0.3, 0.4) is 0 Å². The first kappa shape index (κ1) is 12.7. The van der Waals surface area contributed by atoms with Crippen LogP contribution in [0.4, 0.5) is 0 Å². The molecule has 3 nitrogen and oxygen atoms in total. The maximum atomic E-state index is 11.0. The molecule has 92 valence electrons. The molecule has 17 heavy (non-hydrogen) atoms. The van der Waals surface area contributed by atoms with Crippen molar-refractivity contribution in [1.82, 2.24) is 4.90 Å². The van der Waals surface area contributed by atoms with Gasteiger partial charge in [-0.1, -0.05) is 29.3 Å². The van der Waals surface area contributed by atoms with Crippen LogP contribution in [0.1, 0.15) is 24.4 Å². The maximum Gasteiger partial charge on any atom is 0.231 e. The Hall–Kier alpha value is -0.770. The highest BCUT2D eigenvalue weighted by molar-refractivity contribution is 6.42. The molecule has 1 fully saturated rings. The Kier molecular flexibility index (Phi) is 3.92. The van der Waals surface area contributed by atoms with Crippen LogP contribution in [0.2, 0.25) is 10.0 Å². The van der Waals surface area contributed by atoms with E-state index < -0.39 is 0 Å². The quantitative estimate of drug-likeness (QED) is 0.920. The van der Waals surface area contributed by atoms with E-state index in [2.05, 4.69) is 4.90 Å². The minimum Gasteiger partial charge on any atom is -0.369 e. The number of likely N-dealkylation sites (tertiary alicyclic amines) is 1. The lowest BCUT2D eigenvalue weighted by molar-refractivity contribution is -0.119. The summed E-state index contributed by atoms with van der Waals surface area (Å²) in [5, 5.41) is 1.10. The normalized spacial score (nSPS) is 20.7. The van der Waals surface area contributed by atoms with Crippen molar-refractivity contribution in [2.45, 2.75) is 18.9 Å². The average molecular weight is 273 g/mol. The minimum absolute atomic E-state index is 0.220. The van der Waals surface area contributed by atoms with E-state index in [1.54, 1.807) is 6.07 Å². The summed E-state index contributed by atoms with van der Waals surface area (Å²) in [5.41, 5.74) is 6.33. The summed E-state index contributed by atoms with van der Waals surface area (Å²) < 4.78 is 0. The molecule has 0 spiro atoms. The number of amides is 1. The molecule has 0 bridgehead atoms. The molecule has 1 heterocycles. The van der Waals surface area contributed by atoms with Crippen molar-refractivity contribution >= 4 is 29.1 Å². The minimum atomic E-state index is -0.294. The lowest BCUT2D eigenvalue weighted by atomic mass is 10.0. The second-order valence-corrected chi connectivity index (χ2v) is 5.08. The van der Waals surface area contributed by atoms with Gasteiger partial charge < -0.3 is 5.73 Å². The van der Waals surface area contributed by atoms with Gasteiger partial charge in [-0.05, 0) is 37.1 Å². The van der Waals surface area contributed by atoms with Crippen LogP contribution in [0.25, 0.3) is 0 Å². The molecule has 1 aromatic rings. The Morgan fingerprint density at radius 1 is 1.41 bits per heavy atom. The summed E-state index contributed by atoms with van der Waals surface area (Å²) >= 11 is 11.9. The topological polar surface area (TPSA) is 46.3 Å². The van der Waals surface area contributed by atoms with Gasteiger partial charge in [-0.2, -0.15) is 0 Å². The van der Waals surface area contributed by atoms with Gasteiger partial charge in [-0.25, -0.2) is 0 Å². The summed E-state index contributed by atoms with van der Waals surface area (Å²) in [6.45, 7) is 1.19. The number of carbonyl (C=O) groups excluding carboxylic acids is 1. The Morgan fingerprint density at radius 2 is 2.18 bits per heavy atom. The number of hydrogen-bond donors (Lipinski definition) is 1. The lowest BCUT2D eigenvalue weighted by Gasteiger charge is -2.23. The molecule has 0 radical (unpaired) electrons. The molecule has 0 saturated carbocycles. The molecule has 1 atom stereocenters. The molecule has 1 aliphatic rings. The second-order valence-electron chi connectivity index (χ2n) is 4.27. The summed E-state index contributed by atoms with van der Waals surface area (Å²) in [6.07, 6.45) is 2.09. The Labute approximate surface area is 110 Å². The molecule has 2 rings (SSSR count). The number of rotatable bonds is 3. The van der Waals surface area contributed by atoms with Crippen LogP contribution in [0.5, 0.6) is 0 Å². The van der Waals surface area contributed by atoms with Gasteiger partial charge in [0.25, 0.3) is 0 Å². The van der Waals surface area contributed by atoms with Crippen LogP contribution in [0.15, 0.2) is 18.2 Å². The highest BCUT2D eigenvalue weighted by atomic mass is 35.5. The van der Waals surface area contributed by atoms with Gasteiger partial charge in [0.15, 0.2) is 0 Å². The predicted octanol–water partition coefficient (Wildman–Crippen LogP) is 2.62. The van der Waals surface area contributed by atoms with E-state index in [-0.39, 0.29) is 11.9 Å². The largest absolute Gasteiger partial charge is 0.369 e. The van der Waals surface area contributed by atoms with Crippen molar-refractivity contribution in [3.8, 4) is 0 Å². The molecule has 1 aromatic carbocycles. The third-order valence-electron chi connectivity index (χ3n) is 3.05. The first-order chi connectivity index (χ1) is 8.08. The zero-order chi connectivity index (χ0) is 12.4. The maximum absolute atomic E-state index is 11.0. The molecule has 0 aromatic heterocycles. The third-order valence-corrected chi connectivity index (χ3v) is 3.79. The Bertz CT molecular complexity index is 437. The molecular weight excluding hydrogens is 259 g/mol. The molecule has 5 heteroatoms. The van der Waals surface area contributed by atoms with E-state index >= 15 is 0 Å². The van der Waals surface area contributed by atoms with Crippen molar-refractivity contribution in [2.24, 2.45) is 5.73 Å². The Balaban J connectivity index is 2.20. The van der Waals surface area contributed by atoms with E-state index in [0.29, 0.717) is 16.6 Å². The first-order valence-corrected chi connectivity index (χ1v) is 6.31. The van der Waals surface area contributed by atoms with E-state index in [0.717, 1.165) is 24.9 Å². The zero-order valence-corrected chi connectivity index (χ0v) is 10.8. The molecule has 0 aliphatic carbocycles. The summed E-state index contributed by atoms with van der Waals surface area (Å²) in [7, 11) is 0. The monoisotopic (exact) mass is 272 g/mol. The van der Waals surface area contributed by atoms with Crippen molar-refractivity contribution in [3.63, 3.8) is 0 Å². The van der Waals surface area contributed by atoms with E-state index in [1.807, 2.05) is 12.1 Å². The van der Waals surface area contributed by atoms with Crippen LogP contribution in [0, 0.1) is 0 Å². The fourth-order valence-electron chi connectivity index (χ4n) is 2.31. The fraction of sp³-hybridized carbons (Fsp3) is 0.417. The number of hydrogen-bond acceptors (Lipinski definition) is 2. The molecule has 1 amide bonds. The molecule has 1 aliphatic heterocycles. The third kappa shape index (κ3) is 2.92. The molecule has 0 unspecified atom stereocenters. The summed E-state index contributed by atoms with van der Waals surface area (Å²) in [5.74, 6) is -0.294. The number of nitrogens with two attached hydrogens (primary N) is 1. The van der Waals surface area contributed by atoms with E-state index in [1.165, 1.54) is 0 Å². The standard InChI is InChI=1S/C12H14Cl2N2O/c13-9-4-3-8(6-10(9)14)11-2-1-5-16(11)7-12(15)17/h3-4,6,11H,1-2,5,7H2,(H2,15,17)/t11-/m1/s1. The van der Waals surface area contributed by atoms with Crippen LogP contribution in [-0.4, -0.2) is 23.9 Å². The number of carbonyl (C=O) groups is 1. The molecule has 1 saturated heterocycles. The van der Waals surface area contributed by atoms with Gasteiger partial charge in [0.05, 0.1) is 16.6 Å². The fourth-order valence-corrected chi connectivity index (χ4v) is 2.62. The average Bonchev–Trinajstić information content (AvgIpc) is 2.69. The SMILES string of the molecule is NC(=O)CN1CCC[C@@H]1c1ccc(Cl)c(Cl)c1. The Morgan fingerprint density at radius 3 is 2.82 bits per heavy atom. The lowest BCUT2D eigenvalue weighted by Crippen LogP contribution is -2.33. The van der Waals surface area contributed by atoms with Crippen LogP contribution >= 0.6 is 23.2 Å². The summed E-state index contributed by atoms with van der Waals surface area (Å²) in [4.78, 5) is 13.1. The number of nitrogens with zero attached hydrogens (tertiary/aromatic N) is 1. The highest BCUT2D eigenvalue weighted by Crippen LogP contribution is 2.34.